The zero-order valence-corrected chi connectivity index (χ0v) is 10.7. The molecule has 0 saturated heterocycles. The van der Waals surface area contributed by atoms with Gasteiger partial charge >= 0.3 is 0 Å². The first-order valence-electron chi connectivity index (χ1n) is 5.15. The lowest BCUT2D eigenvalue weighted by molar-refractivity contribution is 0.935. The Labute approximate surface area is 89.0 Å². The van der Waals surface area contributed by atoms with E-state index in [1.165, 1.54) is 28.3 Å². The van der Waals surface area contributed by atoms with Gasteiger partial charge in [-0.2, -0.15) is 0 Å². The third kappa shape index (κ3) is 4.77. The van der Waals surface area contributed by atoms with Crippen molar-refractivity contribution in [1.29, 1.82) is 0 Å². The summed E-state index contributed by atoms with van der Waals surface area (Å²) in [7, 11) is 1.30. The van der Waals surface area contributed by atoms with Crippen LogP contribution in [0.1, 0.15) is 12.0 Å². The van der Waals surface area contributed by atoms with Crippen LogP contribution in [0.3, 0.4) is 0 Å². The van der Waals surface area contributed by atoms with E-state index in [1.54, 1.807) is 0 Å². The molecule has 0 fully saturated rings. The summed E-state index contributed by atoms with van der Waals surface area (Å²) in [5, 5.41) is 0. The van der Waals surface area contributed by atoms with Crippen molar-refractivity contribution < 1.29 is 0 Å². The Morgan fingerprint density at radius 3 is 2.71 bits per heavy atom. The average molecular weight is 203 g/mol. The molecule has 0 amide bonds. The van der Waals surface area contributed by atoms with Gasteiger partial charge in [0, 0.05) is 23.0 Å². The van der Waals surface area contributed by atoms with Crippen LogP contribution in [0, 0.1) is 0 Å². The van der Waals surface area contributed by atoms with Crippen LogP contribution in [-0.2, 0) is 0 Å². The minimum atomic E-state index is 0.975. The van der Waals surface area contributed by atoms with Gasteiger partial charge in [-0.25, -0.2) is 0 Å². The van der Waals surface area contributed by atoms with Gasteiger partial charge in [0.05, 0.1) is 0 Å². The van der Waals surface area contributed by atoms with Crippen molar-refractivity contribution in [3.05, 3.63) is 42.0 Å². The quantitative estimate of drug-likeness (QED) is 0.394. The molecule has 0 aliphatic heterocycles. The Morgan fingerprint density at radius 1 is 1.21 bits per heavy atom. The first kappa shape index (κ1) is 10.9. The first-order chi connectivity index (χ1) is 6.93. The first-order valence-corrected chi connectivity index (χ1v) is 6.56. The fourth-order valence-electron chi connectivity index (χ4n) is 1.10. The molecule has 74 valence electrons. The fourth-order valence-corrected chi connectivity index (χ4v) is 1.42. The predicted molar refractivity (Wildman–Crippen MR) is 68.2 cm³/mol. The molecule has 0 radical (unpaired) electrons. The molecule has 14 heavy (non-hydrogen) atoms. The molecule has 1 nitrogen and oxygen atoms in total. The van der Waals surface area contributed by atoms with Gasteiger partial charge in [-0.1, -0.05) is 42.5 Å². The molecule has 1 aromatic rings. The van der Waals surface area contributed by atoms with Crippen LogP contribution in [0.15, 0.2) is 41.4 Å². The second-order valence-corrected chi connectivity index (χ2v) is 4.18. The second kappa shape index (κ2) is 7.27. The van der Waals surface area contributed by atoms with Gasteiger partial charge in [0.1, 0.15) is 0 Å². The molecular formula is C12H17NSi. The molecule has 0 heterocycles. The molecule has 0 unspecified atom stereocenters. The molecule has 0 aromatic heterocycles. The van der Waals surface area contributed by atoms with E-state index in [9.17, 15) is 0 Å². The summed E-state index contributed by atoms with van der Waals surface area (Å²) in [4.78, 5) is 4.29. The van der Waals surface area contributed by atoms with Crippen molar-refractivity contribution in [2.75, 3.05) is 6.54 Å². The lowest BCUT2D eigenvalue weighted by Gasteiger charge is -1.89. The van der Waals surface area contributed by atoms with Gasteiger partial charge < -0.3 is 0 Å². The molecule has 2 heteroatoms. The summed E-state index contributed by atoms with van der Waals surface area (Å²) < 4.78 is 0. The van der Waals surface area contributed by atoms with Crippen LogP contribution >= 0.6 is 0 Å². The molecule has 1 rings (SSSR count). The lowest BCUT2D eigenvalue weighted by Crippen LogP contribution is -1.79. The smallest absolute Gasteiger partial charge is 0.0386 e. The Balaban J connectivity index is 2.31. The largest absolute Gasteiger partial charge is 0.293 e. The minimum Gasteiger partial charge on any atom is -0.293 e. The molecule has 0 aliphatic rings. The SMILES string of the molecule is [SiH3]CCCN=C/C=C/c1ccccc1. The number of hydrogen-bond donors (Lipinski definition) is 0. The number of rotatable bonds is 5. The highest BCUT2D eigenvalue weighted by molar-refractivity contribution is 6.08. The van der Waals surface area contributed by atoms with Crippen LogP contribution in [-0.4, -0.2) is 23.0 Å². The summed E-state index contributed by atoms with van der Waals surface area (Å²) in [6, 6.07) is 11.6. The van der Waals surface area contributed by atoms with Crippen LogP contribution in [0.2, 0.25) is 6.04 Å². The molecule has 0 aliphatic carbocycles. The van der Waals surface area contributed by atoms with E-state index in [4.69, 9.17) is 0 Å². The van der Waals surface area contributed by atoms with Gasteiger partial charge in [0.15, 0.2) is 0 Å². The van der Waals surface area contributed by atoms with Gasteiger partial charge in [-0.05, 0) is 18.1 Å². The summed E-state index contributed by atoms with van der Waals surface area (Å²) >= 11 is 0. The van der Waals surface area contributed by atoms with Crippen molar-refractivity contribution in [2.24, 2.45) is 4.99 Å². The highest BCUT2D eigenvalue weighted by Gasteiger charge is 1.80. The highest BCUT2D eigenvalue weighted by atomic mass is 28.1. The van der Waals surface area contributed by atoms with E-state index in [1.807, 2.05) is 30.5 Å². The number of benzene rings is 1. The lowest BCUT2D eigenvalue weighted by atomic mass is 10.2. The topological polar surface area (TPSA) is 12.4 Å². The van der Waals surface area contributed by atoms with Gasteiger partial charge in [-0.15, -0.1) is 0 Å². The van der Waals surface area contributed by atoms with E-state index in [0.717, 1.165) is 6.54 Å². The van der Waals surface area contributed by atoms with E-state index in [-0.39, 0.29) is 0 Å². The van der Waals surface area contributed by atoms with Crippen molar-refractivity contribution in [1.82, 2.24) is 0 Å². The van der Waals surface area contributed by atoms with Gasteiger partial charge in [-0.3, -0.25) is 4.99 Å². The van der Waals surface area contributed by atoms with Crippen LogP contribution in [0.25, 0.3) is 6.08 Å². The molecule has 0 N–H and O–H groups in total. The summed E-state index contributed by atoms with van der Waals surface area (Å²) in [6.07, 6.45) is 7.21. The molecular weight excluding hydrogens is 186 g/mol. The van der Waals surface area contributed by atoms with Crippen molar-refractivity contribution in [3.63, 3.8) is 0 Å². The molecule has 0 bridgehead atoms. The van der Waals surface area contributed by atoms with E-state index >= 15 is 0 Å². The van der Waals surface area contributed by atoms with Gasteiger partial charge in [0.2, 0.25) is 0 Å². The van der Waals surface area contributed by atoms with E-state index < -0.39 is 0 Å². The fraction of sp³-hybridized carbons (Fsp3) is 0.250. The third-order valence-electron chi connectivity index (χ3n) is 1.92. The second-order valence-electron chi connectivity index (χ2n) is 3.18. The van der Waals surface area contributed by atoms with E-state index in [2.05, 4.69) is 23.2 Å². The molecule has 0 saturated carbocycles. The highest BCUT2D eigenvalue weighted by Crippen LogP contribution is 1.99. The summed E-state index contributed by atoms with van der Waals surface area (Å²) in [5.41, 5.74) is 1.22. The van der Waals surface area contributed by atoms with Crippen LogP contribution in [0.5, 0.6) is 0 Å². The molecule has 0 atom stereocenters. The minimum absolute atomic E-state index is 0.975. The number of hydrogen-bond acceptors (Lipinski definition) is 1. The van der Waals surface area contributed by atoms with Gasteiger partial charge in [0.25, 0.3) is 0 Å². The maximum Gasteiger partial charge on any atom is 0.0386 e. The van der Waals surface area contributed by atoms with Crippen LogP contribution in [0.4, 0.5) is 0 Å². The Hall–Kier alpha value is -1.15. The normalized spacial score (nSPS) is 11.7. The van der Waals surface area contributed by atoms with Crippen LogP contribution < -0.4 is 0 Å². The Morgan fingerprint density at radius 2 is 2.00 bits per heavy atom. The Kier molecular flexibility index (Phi) is 5.67. The number of allylic oxidation sites excluding steroid dienone is 1. The van der Waals surface area contributed by atoms with E-state index in [0.29, 0.717) is 0 Å². The monoisotopic (exact) mass is 203 g/mol. The van der Waals surface area contributed by atoms with Crippen molar-refractivity contribution >= 4 is 22.5 Å². The summed E-state index contributed by atoms with van der Waals surface area (Å²) in [6.45, 7) is 0.975. The zero-order valence-electron chi connectivity index (χ0n) is 8.69. The maximum absolute atomic E-state index is 4.29. The molecule has 1 aromatic carbocycles. The predicted octanol–water partition coefficient (Wildman–Crippen LogP) is 1.94. The Bertz CT molecular complexity index is 290. The van der Waals surface area contributed by atoms with Crippen molar-refractivity contribution in [2.45, 2.75) is 12.5 Å². The number of nitrogens with zero attached hydrogens (tertiary/aromatic N) is 1. The van der Waals surface area contributed by atoms with Crippen molar-refractivity contribution in [3.8, 4) is 0 Å². The molecule has 0 spiro atoms. The number of aliphatic imine (C=N–C) groups is 1. The average Bonchev–Trinajstić information content (AvgIpc) is 2.25. The standard InChI is InChI=1S/C12H17NSi/c14-11-5-10-13-9-4-8-12-6-2-1-3-7-12/h1-4,6-9H,5,10-11H2,14H3/b8-4+,13-9?. The summed E-state index contributed by atoms with van der Waals surface area (Å²) in [5.74, 6) is 0. The zero-order chi connectivity index (χ0) is 10.1. The maximum atomic E-state index is 4.29. The third-order valence-corrected chi connectivity index (χ3v) is 2.63.